The lowest BCUT2D eigenvalue weighted by Gasteiger charge is -2.54. The molecule has 0 amide bonds. The lowest BCUT2D eigenvalue weighted by Crippen LogP contribution is -2.89. The molecule has 0 radical (unpaired) electrons. The Morgan fingerprint density at radius 3 is 1.90 bits per heavy atom. The molecule has 1 aliphatic heterocycles. The number of esters is 1. The van der Waals surface area contributed by atoms with Crippen LogP contribution in [0.4, 0.5) is 0 Å². The second-order valence-corrected chi connectivity index (χ2v) is 6.44. The van der Waals surface area contributed by atoms with Gasteiger partial charge in [-0.3, -0.25) is 0 Å². The van der Waals surface area contributed by atoms with Gasteiger partial charge in [-0.15, -0.1) is 0 Å². The first-order valence-electron chi connectivity index (χ1n) is 6.26. The third-order valence-electron chi connectivity index (χ3n) is 5.10. The fourth-order valence-electron chi connectivity index (χ4n) is 3.85. The first-order valence-corrected chi connectivity index (χ1v) is 6.26. The zero-order valence-electron chi connectivity index (χ0n) is 11.2. The average Bonchev–Trinajstić information content (AvgIpc) is 2.57. The van der Waals surface area contributed by atoms with Gasteiger partial charge < -0.3 is 56.3 Å². The predicted molar refractivity (Wildman–Crippen MR) is 72.8 cm³/mol. The van der Waals surface area contributed by atoms with Crippen LogP contribution >= 0.6 is 0 Å². The van der Waals surface area contributed by atoms with E-state index in [-0.39, 0.29) is 5.57 Å². The Labute approximate surface area is 120 Å². The van der Waals surface area contributed by atoms with Crippen LogP contribution in [0.3, 0.4) is 0 Å². The van der Waals surface area contributed by atoms with E-state index in [2.05, 4.69) is 0 Å². The van der Waals surface area contributed by atoms with E-state index < -0.39 is 46.2 Å². The highest BCUT2D eigenvalue weighted by atomic mass is 16.6. The molecule has 0 aromatic heterocycles. The van der Waals surface area contributed by atoms with Crippen LogP contribution in [-0.2, 0) is 9.53 Å². The highest BCUT2D eigenvalue weighted by Gasteiger charge is 2.82. The fraction of sp³-hybridized carbons (Fsp3) is 0.700. The van der Waals surface area contributed by atoms with Crippen molar-refractivity contribution in [2.45, 2.75) is 34.3 Å². The number of ether oxygens (including phenoxy) is 1. The maximum atomic E-state index is 12.0. The van der Waals surface area contributed by atoms with E-state index in [1.807, 2.05) is 0 Å². The summed E-state index contributed by atoms with van der Waals surface area (Å²) in [5.41, 5.74) is 45.5. The Balaban J connectivity index is 2.38. The van der Waals surface area contributed by atoms with Gasteiger partial charge in [0.25, 0.3) is 0 Å². The molecule has 1 saturated heterocycles. The van der Waals surface area contributed by atoms with Crippen molar-refractivity contribution in [3.63, 3.8) is 0 Å². The molecule has 3 atom stereocenters. The van der Waals surface area contributed by atoms with Gasteiger partial charge in [0.2, 0.25) is 0 Å². The van der Waals surface area contributed by atoms with Crippen LogP contribution in [0.25, 0.3) is 0 Å². The van der Waals surface area contributed by atoms with Crippen molar-refractivity contribution in [1.29, 1.82) is 0 Å². The summed E-state index contributed by atoms with van der Waals surface area (Å²) in [5, 5.41) is 0. The Morgan fingerprint density at radius 2 is 1.38 bits per heavy atom. The minimum atomic E-state index is -1.87. The summed E-state index contributed by atoms with van der Waals surface area (Å²) in [7, 11) is 0. The van der Waals surface area contributed by atoms with Gasteiger partial charge in [0, 0.05) is 0 Å². The van der Waals surface area contributed by atoms with Crippen molar-refractivity contribution >= 4 is 5.97 Å². The molecule has 0 aromatic rings. The van der Waals surface area contributed by atoms with Gasteiger partial charge in [-0.1, -0.05) is 0 Å². The summed E-state index contributed by atoms with van der Waals surface area (Å²) in [6.07, 6.45) is -0.0325. The van der Waals surface area contributed by atoms with Gasteiger partial charge >= 0.3 is 5.97 Å². The van der Waals surface area contributed by atoms with Gasteiger partial charge in [0.05, 0.1) is 17.0 Å². The molecule has 11 heteroatoms. The summed E-state index contributed by atoms with van der Waals surface area (Å²) in [6.45, 7) is 0. The topological polar surface area (TPSA) is 260 Å². The highest BCUT2D eigenvalue weighted by Crippen LogP contribution is 2.56. The van der Waals surface area contributed by atoms with Crippen molar-refractivity contribution in [3.05, 3.63) is 11.6 Å². The number of hydrogen-bond donors (Lipinski definition) is 9. The van der Waals surface area contributed by atoms with Crippen LogP contribution in [0, 0.1) is 5.92 Å². The lowest BCUT2D eigenvalue weighted by atomic mass is 9.63. The smallest absolute Gasteiger partial charge is 0.336 e. The summed E-state index contributed by atoms with van der Waals surface area (Å²) >= 11 is 0. The monoisotopic (exact) mass is 299 g/mol. The second kappa shape index (κ2) is 3.27. The Morgan fingerprint density at radius 1 is 0.857 bits per heavy atom. The minimum Gasteiger partial charge on any atom is -0.453 e. The summed E-state index contributed by atoms with van der Waals surface area (Å²) in [6, 6.07) is 0. The van der Waals surface area contributed by atoms with E-state index in [0.29, 0.717) is 0 Å². The SMILES string of the molecule is NC12C3=CC(N)(N)C(N)(N)C1C(N)(N)C(N)(N)C2OC3=O. The molecule has 1 heterocycles. The molecule has 0 spiro atoms. The zero-order valence-corrected chi connectivity index (χ0v) is 11.2. The van der Waals surface area contributed by atoms with Crippen molar-refractivity contribution in [3.8, 4) is 0 Å². The summed E-state index contributed by atoms with van der Waals surface area (Å²) in [5.74, 6) is -1.95. The Hall–Kier alpha value is -1.15. The van der Waals surface area contributed by atoms with Crippen molar-refractivity contribution < 1.29 is 9.53 Å². The van der Waals surface area contributed by atoms with Crippen LogP contribution in [0.5, 0.6) is 0 Å². The van der Waals surface area contributed by atoms with E-state index in [0.717, 1.165) is 0 Å². The van der Waals surface area contributed by atoms with E-state index in [1.165, 1.54) is 6.08 Å². The second-order valence-electron chi connectivity index (χ2n) is 6.44. The van der Waals surface area contributed by atoms with Gasteiger partial charge in [0.15, 0.2) is 6.10 Å². The fourth-order valence-corrected chi connectivity index (χ4v) is 3.85. The highest BCUT2D eigenvalue weighted by molar-refractivity contribution is 5.96. The Kier molecular flexibility index (Phi) is 2.30. The standard InChI is InChI=1S/C10H21N9O2/c11-6(12)1-2-3(20)21-5-7(2,13)4(8(6,14)15)9(16,17)10(5,18)19/h1,4-5H,11-19H2. The molecule has 3 aliphatic rings. The van der Waals surface area contributed by atoms with E-state index in [4.69, 9.17) is 56.3 Å². The zero-order chi connectivity index (χ0) is 16.2. The molecule has 0 bridgehead atoms. The van der Waals surface area contributed by atoms with Gasteiger partial charge in [0.1, 0.15) is 22.7 Å². The van der Waals surface area contributed by atoms with Crippen LogP contribution in [0.2, 0.25) is 0 Å². The molecular weight excluding hydrogens is 278 g/mol. The van der Waals surface area contributed by atoms with E-state index >= 15 is 0 Å². The van der Waals surface area contributed by atoms with Crippen LogP contribution in [0.1, 0.15) is 0 Å². The maximum Gasteiger partial charge on any atom is 0.336 e. The normalized spacial score (nSPS) is 44.0. The average molecular weight is 299 g/mol. The minimum absolute atomic E-state index is 0.0212. The predicted octanol–water partition coefficient (Wildman–Crippen LogP) is -6.37. The van der Waals surface area contributed by atoms with Crippen LogP contribution in [0.15, 0.2) is 11.6 Å². The lowest BCUT2D eigenvalue weighted by molar-refractivity contribution is -0.142. The van der Waals surface area contributed by atoms with Crippen LogP contribution < -0.4 is 51.6 Å². The van der Waals surface area contributed by atoms with Crippen LogP contribution in [-0.4, -0.2) is 40.3 Å². The number of hydrogen-bond acceptors (Lipinski definition) is 11. The molecule has 3 unspecified atom stereocenters. The van der Waals surface area contributed by atoms with E-state index in [1.54, 1.807) is 0 Å². The molecule has 2 aliphatic carbocycles. The molecule has 118 valence electrons. The number of carbonyl (C=O) groups excluding carboxylic acids is 1. The van der Waals surface area contributed by atoms with Crippen molar-refractivity contribution in [2.24, 2.45) is 57.5 Å². The third-order valence-corrected chi connectivity index (χ3v) is 5.10. The summed E-state index contributed by atoms with van der Waals surface area (Å²) in [4.78, 5) is 12.0. The first kappa shape index (κ1) is 14.8. The van der Waals surface area contributed by atoms with Crippen molar-refractivity contribution in [2.75, 3.05) is 0 Å². The molecule has 0 aromatic carbocycles. The summed E-state index contributed by atoms with van der Waals surface area (Å²) < 4.78 is 5.18. The molecular formula is C10H21N9O2. The maximum absolute atomic E-state index is 12.0. The van der Waals surface area contributed by atoms with Gasteiger partial charge in [-0.25, -0.2) is 4.79 Å². The number of carbonyl (C=O) groups is 1. The number of nitrogens with two attached hydrogens (primary N) is 9. The molecule has 3 rings (SSSR count). The largest absolute Gasteiger partial charge is 0.453 e. The molecule has 2 fully saturated rings. The van der Waals surface area contributed by atoms with E-state index in [9.17, 15) is 4.79 Å². The van der Waals surface area contributed by atoms with Gasteiger partial charge in [-0.05, 0) is 6.08 Å². The third kappa shape index (κ3) is 1.23. The Bertz CT molecular complexity index is 581. The molecule has 1 saturated carbocycles. The molecule has 11 nitrogen and oxygen atoms in total. The quantitative estimate of drug-likeness (QED) is 0.150. The first-order chi connectivity index (χ1) is 9.22. The number of rotatable bonds is 0. The van der Waals surface area contributed by atoms with Crippen molar-refractivity contribution in [1.82, 2.24) is 0 Å². The van der Waals surface area contributed by atoms with Gasteiger partial charge in [-0.2, -0.15) is 0 Å². The molecule has 18 N–H and O–H groups in total. The molecule has 21 heavy (non-hydrogen) atoms.